The van der Waals surface area contributed by atoms with Gasteiger partial charge >= 0.3 is 6.09 Å². The fourth-order valence-electron chi connectivity index (χ4n) is 3.01. The standard InChI is InChI=1S/C18H22N4O4/c1-18(2,3)26-17(23)21-11-9-20(10-12-21)16-14-5-4-6-15(22(24)25)13(14)7-8-19-16/h4-8H,9-12H2,1-3H3. The maximum absolute atomic E-state index is 12.2. The van der Waals surface area contributed by atoms with E-state index in [1.165, 1.54) is 6.07 Å². The minimum absolute atomic E-state index is 0.0681. The number of hydrogen-bond acceptors (Lipinski definition) is 6. The Labute approximate surface area is 151 Å². The number of fused-ring (bicyclic) bond motifs is 1. The molecular weight excluding hydrogens is 336 g/mol. The molecule has 0 bridgehead atoms. The van der Waals surface area contributed by atoms with E-state index in [4.69, 9.17) is 4.74 Å². The number of nitro benzene ring substituents is 1. The molecular formula is C18H22N4O4. The number of rotatable bonds is 2. The highest BCUT2D eigenvalue weighted by molar-refractivity contribution is 5.98. The van der Waals surface area contributed by atoms with Crippen molar-refractivity contribution in [1.82, 2.24) is 9.88 Å². The van der Waals surface area contributed by atoms with Gasteiger partial charge in [-0.2, -0.15) is 0 Å². The summed E-state index contributed by atoms with van der Waals surface area (Å²) in [5, 5.41) is 12.6. The van der Waals surface area contributed by atoms with E-state index in [-0.39, 0.29) is 16.7 Å². The number of carbonyl (C=O) groups excluding carboxylic acids is 1. The molecule has 2 aromatic rings. The number of piperazine rings is 1. The van der Waals surface area contributed by atoms with Crippen LogP contribution in [-0.2, 0) is 4.74 Å². The number of anilines is 1. The first-order chi connectivity index (χ1) is 12.3. The topological polar surface area (TPSA) is 88.8 Å². The van der Waals surface area contributed by atoms with Gasteiger partial charge in [-0.1, -0.05) is 12.1 Å². The van der Waals surface area contributed by atoms with Gasteiger partial charge in [0.05, 0.1) is 10.3 Å². The maximum Gasteiger partial charge on any atom is 0.410 e. The minimum atomic E-state index is -0.523. The molecule has 0 unspecified atom stereocenters. The van der Waals surface area contributed by atoms with Gasteiger partial charge in [0.1, 0.15) is 11.4 Å². The van der Waals surface area contributed by atoms with E-state index >= 15 is 0 Å². The number of amides is 1. The van der Waals surface area contributed by atoms with Crippen LogP contribution in [0.2, 0.25) is 0 Å². The maximum atomic E-state index is 12.2. The highest BCUT2D eigenvalue weighted by Crippen LogP contribution is 2.31. The third-order valence-electron chi connectivity index (χ3n) is 4.19. The number of aromatic nitrogens is 1. The van der Waals surface area contributed by atoms with E-state index in [1.54, 1.807) is 23.2 Å². The first-order valence-electron chi connectivity index (χ1n) is 8.51. The van der Waals surface area contributed by atoms with Crippen molar-refractivity contribution in [3.63, 3.8) is 0 Å². The molecule has 0 saturated carbocycles. The fourth-order valence-corrected chi connectivity index (χ4v) is 3.01. The van der Waals surface area contributed by atoms with Crippen LogP contribution in [0.3, 0.4) is 0 Å². The summed E-state index contributed by atoms with van der Waals surface area (Å²) in [6.07, 6.45) is 1.27. The monoisotopic (exact) mass is 358 g/mol. The minimum Gasteiger partial charge on any atom is -0.444 e. The van der Waals surface area contributed by atoms with Gasteiger partial charge < -0.3 is 14.5 Å². The van der Waals surface area contributed by atoms with Crippen LogP contribution >= 0.6 is 0 Å². The van der Waals surface area contributed by atoms with Crippen molar-refractivity contribution in [2.45, 2.75) is 26.4 Å². The van der Waals surface area contributed by atoms with Crippen LogP contribution in [0, 0.1) is 10.1 Å². The molecule has 0 radical (unpaired) electrons. The van der Waals surface area contributed by atoms with E-state index in [0.29, 0.717) is 37.4 Å². The molecule has 0 N–H and O–H groups in total. The van der Waals surface area contributed by atoms with E-state index in [1.807, 2.05) is 31.7 Å². The smallest absolute Gasteiger partial charge is 0.410 e. The molecule has 1 amide bonds. The van der Waals surface area contributed by atoms with Crippen molar-refractivity contribution >= 4 is 28.4 Å². The van der Waals surface area contributed by atoms with Gasteiger partial charge in [-0.15, -0.1) is 0 Å². The summed E-state index contributed by atoms with van der Waals surface area (Å²) < 4.78 is 5.41. The van der Waals surface area contributed by atoms with Crippen molar-refractivity contribution in [1.29, 1.82) is 0 Å². The number of non-ortho nitro benzene ring substituents is 1. The second kappa shape index (κ2) is 6.78. The summed E-state index contributed by atoms with van der Waals surface area (Å²) in [5.74, 6) is 0.704. The molecule has 138 valence electrons. The van der Waals surface area contributed by atoms with Crippen molar-refractivity contribution in [2.24, 2.45) is 0 Å². The molecule has 1 aliphatic heterocycles. The van der Waals surface area contributed by atoms with Crippen molar-refractivity contribution in [3.8, 4) is 0 Å². The molecule has 2 heterocycles. The number of benzene rings is 1. The lowest BCUT2D eigenvalue weighted by molar-refractivity contribution is -0.383. The predicted octanol–water partition coefficient (Wildman–Crippen LogP) is 3.20. The zero-order valence-electron chi connectivity index (χ0n) is 15.1. The average molecular weight is 358 g/mol. The van der Waals surface area contributed by atoms with E-state index in [2.05, 4.69) is 4.98 Å². The van der Waals surface area contributed by atoms with Gasteiger partial charge in [0.2, 0.25) is 0 Å². The van der Waals surface area contributed by atoms with Crippen LogP contribution in [0.15, 0.2) is 30.5 Å². The molecule has 1 aliphatic rings. The number of carbonyl (C=O) groups is 1. The molecule has 1 aromatic heterocycles. The SMILES string of the molecule is CC(C)(C)OC(=O)N1CCN(c2nccc3c([N+](=O)[O-])cccc23)CC1. The van der Waals surface area contributed by atoms with E-state index in [9.17, 15) is 14.9 Å². The average Bonchev–Trinajstić information content (AvgIpc) is 2.59. The quantitative estimate of drug-likeness (QED) is 0.605. The van der Waals surface area contributed by atoms with Gasteiger partial charge in [-0.25, -0.2) is 9.78 Å². The molecule has 3 rings (SSSR count). The Balaban J connectivity index is 1.79. The van der Waals surface area contributed by atoms with Gasteiger partial charge in [0, 0.05) is 43.8 Å². The third kappa shape index (κ3) is 3.68. The summed E-state index contributed by atoms with van der Waals surface area (Å²) >= 11 is 0. The fraction of sp³-hybridized carbons (Fsp3) is 0.444. The number of ether oxygens (including phenoxy) is 1. The Morgan fingerprint density at radius 3 is 2.46 bits per heavy atom. The van der Waals surface area contributed by atoms with Crippen molar-refractivity contribution in [2.75, 3.05) is 31.1 Å². The Bertz CT molecular complexity index is 839. The first-order valence-corrected chi connectivity index (χ1v) is 8.51. The molecule has 8 heteroatoms. The summed E-state index contributed by atoms with van der Waals surface area (Å²) in [5.41, 5.74) is -0.455. The van der Waals surface area contributed by atoms with Crippen molar-refractivity contribution < 1.29 is 14.5 Å². The number of hydrogen-bond donors (Lipinski definition) is 0. The zero-order chi connectivity index (χ0) is 18.9. The first kappa shape index (κ1) is 17.9. The molecule has 1 aromatic carbocycles. The van der Waals surface area contributed by atoms with Crippen molar-refractivity contribution in [3.05, 3.63) is 40.6 Å². The lowest BCUT2D eigenvalue weighted by Gasteiger charge is -2.36. The summed E-state index contributed by atoms with van der Waals surface area (Å²) in [6.45, 7) is 7.74. The van der Waals surface area contributed by atoms with Crippen LogP contribution in [-0.4, -0.2) is 52.7 Å². The number of nitrogens with zero attached hydrogens (tertiary/aromatic N) is 4. The number of pyridine rings is 1. The normalized spacial score (nSPS) is 15.2. The highest BCUT2D eigenvalue weighted by atomic mass is 16.6. The molecule has 0 atom stereocenters. The molecule has 26 heavy (non-hydrogen) atoms. The molecule has 1 saturated heterocycles. The summed E-state index contributed by atoms with van der Waals surface area (Å²) in [7, 11) is 0. The Kier molecular flexibility index (Phi) is 4.67. The Morgan fingerprint density at radius 2 is 1.85 bits per heavy atom. The van der Waals surface area contributed by atoms with E-state index in [0.717, 1.165) is 5.39 Å². The third-order valence-corrected chi connectivity index (χ3v) is 4.19. The Morgan fingerprint density at radius 1 is 1.15 bits per heavy atom. The molecule has 8 nitrogen and oxygen atoms in total. The molecule has 0 spiro atoms. The number of nitro groups is 1. The Hall–Kier alpha value is -2.90. The zero-order valence-corrected chi connectivity index (χ0v) is 15.1. The highest BCUT2D eigenvalue weighted by Gasteiger charge is 2.27. The summed E-state index contributed by atoms with van der Waals surface area (Å²) in [6, 6.07) is 6.66. The van der Waals surface area contributed by atoms with Gasteiger partial charge in [-0.05, 0) is 26.8 Å². The molecule has 1 fully saturated rings. The predicted molar refractivity (Wildman–Crippen MR) is 98.4 cm³/mol. The van der Waals surface area contributed by atoms with Crippen LogP contribution in [0.1, 0.15) is 20.8 Å². The lowest BCUT2D eigenvalue weighted by Crippen LogP contribution is -2.50. The van der Waals surface area contributed by atoms with Gasteiger partial charge in [-0.3, -0.25) is 10.1 Å². The van der Waals surface area contributed by atoms with Crippen LogP contribution < -0.4 is 4.90 Å². The second-order valence-corrected chi connectivity index (χ2v) is 7.22. The van der Waals surface area contributed by atoms with Gasteiger partial charge in [0.25, 0.3) is 5.69 Å². The summed E-state index contributed by atoms with van der Waals surface area (Å²) in [4.78, 5) is 31.2. The van der Waals surface area contributed by atoms with Crippen LogP contribution in [0.5, 0.6) is 0 Å². The van der Waals surface area contributed by atoms with Gasteiger partial charge in [0.15, 0.2) is 0 Å². The van der Waals surface area contributed by atoms with Crippen LogP contribution in [0.25, 0.3) is 10.8 Å². The lowest BCUT2D eigenvalue weighted by atomic mass is 10.1. The largest absolute Gasteiger partial charge is 0.444 e. The van der Waals surface area contributed by atoms with E-state index < -0.39 is 5.60 Å². The van der Waals surface area contributed by atoms with Crippen LogP contribution in [0.4, 0.5) is 16.3 Å². The molecule has 0 aliphatic carbocycles. The second-order valence-electron chi connectivity index (χ2n) is 7.22.